The molecule has 3 N–H and O–H groups in total. The van der Waals surface area contributed by atoms with Crippen LogP contribution in [0.1, 0.15) is 32.6 Å². The SMILES string of the molecule is CCCCCOCCC(=O)Nc1c(N)cc(Cl)cc1Cl. The van der Waals surface area contributed by atoms with Crippen LogP contribution in [0, 0.1) is 0 Å². The largest absolute Gasteiger partial charge is 0.397 e. The number of halogens is 2. The Morgan fingerprint density at radius 2 is 2.05 bits per heavy atom. The molecule has 0 saturated carbocycles. The molecule has 0 saturated heterocycles. The fourth-order valence-corrected chi connectivity index (χ4v) is 2.20. The van der Waals surface area contributed by atoms with E-state index in [9.17, 15) is 4.79 Å². The highest BCUT2D eigenvalue weighted by atomic mass is 35.5. The third kappa shape index (κ3) is 5.99. The van der Waals surface area contributed by atoms with Crippen molar-refractivity contribution in [2.24, 2.45) is 0 Å². The number of nitrogens with two attached hydrogens (primary N) is 1. The van der Waals surface area contributed by atoms with Gasteiger partial charge in [0.15, 0.2) is 0 Å². The maximum atomic E-state index is 11.8. The monoisotopic (exact) mass is 318 g/mol. The fourth-order valence-electron chi connectivity index (χ4n) is 1.65. The van der Waals surface area contributed by atoms with Crippen molar-refractivity contribution in [1.82, 2.24) is 0 Å². The van der Waals surface area contributed by atoms with E-state index in [1.807, 2.05) is 0 Å². The number of anilines is 2. The zero-order valence-corrected chi connectivity index (χ0v) is 13.1. The van der Waals surface area contributed by atoms with Crippen molar-refractivity contribution >= 4 is 40.5 Å². The fraction of sp³-hybridized carbons (Fsp3) is 0.500. The molecule has 1 aromatic carbocycles. The predicted molar refractivity (Wildman–Crippen MR) is 84.5 cm³/mol. The van der Waals surface area contributed by atoms with E-state index in [4.69, 9.17) is 33.7 Å². The zero-order valence-electron chi connectivity index (χ0n) is 11.5. The van der Waals surface area contributed by atoms with Crippen molar-refractivity contribution in [2.75, 3.05) is 24.3 Å². The summed E-state index contributed by atoms with van der Waals surface area (Å²) in [5.74, 6) is -0.184. The number of unbranched alkanes of at least 4 members (excludes halogenated alkanes) is 2. The first-order valence-corrected chi connectivity index (χ1v) is 7.42. The van der Waals surface area contributed by atoms with E-state index < -0.39 is 0 Å². The lowest BCUT2D eigenvalue weighted by Crippen LogP contribution is -2.15. The Labute approximate surface area is 129 Å². The van der Waals surface area contributed by atoms with E-state index in [2.05, 4.69) is 12.2 Å². The predicted octanol–water partition coefficient (Wildman–Crippen LogP) is 4.11. The maximum absolute atomic E-state index is 11.8. The van der Waals surface area contributed by atoms with Gasteiger partial charge in [-0.1, -0.05) is 43.0 Å². The highest BCUT2D eigenvalue weighted by Gasteiger charge is 2.10. The van der Waals surface area contributed by atoms with E-state index >= 15 is 0 Å². The van der Waals surface area contributed by atoms with Gasteiger partial charge in [0, 0.05) is 11.6 Å². The van der Waals surface area contributed by atoms with Crippen LogP contribution in [0.4, 0.5) is 11.4 Å². The summed E-state index contributed by atoms with van der Waals surface area (Å²) in [5, 5.41) is 3.43. The summed E-state index contributed by atoms with van der Waals surface area (Å²) in [6.07, 6.45) is 3.58. The highest BCUT2D eigenvalue weighted by molar-refractivity contribution is 6.37. The van der Waals surface area contributed by atoms with Crippen molar-refractivity contribution in [1.29, 1.82) is 0 Å². The molecule has 6 heteroatoms. The van der Waals surface area contributed by atoms with E-state index in [1.54, 1.807) is 6.07 Å². The number of carbonyl (C=O) groups is 1. The quantitative estimate of drug-likeness (QED) is 0.560. The van der Waals surface area contributed by atoms with Gasteiger partial charge in [-0.15, -0.1) is 0 Å². The molecule has 1 aromatic rings. The number of nitrogen functional groups attached to an aromatic ring is 1. The molecule has 0 bridgehead atoms. The lowest BCUT2D eigenvalue weighted by atomic mass is 10.2. The Balaban J connectivity index is 2.36. The van der Waals surface area contributed by atoms with Crippen molar-refractivity contribution in [2.45, 2.75) is 32.6 Å². The minimum absolute atomic E-state index is 0.184. The number of nitrogens with one attached hydrogen (secondary N) is 1. The zero-order chi connectivity index (χ0) is 15.0. The molecular weight excluding hydrogens is 299 g/mol. The molecule has 0 radical (unpaired) electrons. The Hall–Kier alpha value is -0.970. The Morgan fingerprint density at radius 3 is 2.70 bits per heavy atom. The first-order valence-electron chi connectivity index (χ1n) is 6.66. The molecule has 0 aliphatic carbocycles. The lowest BCUT2D eigenvalue weighted by Gasteiger charge is -2.11. The van der Waals surface area contributed by atoms with Crippen LogP contribution in [0.5, 0.6) is 0 Å². The summed E-state index contributed by atoms with van der Waals surface area (Å²) in [6, 6.07) is 3.08. The van der Waals surface area contributed by atoms with Crippen LogP contribution in [0.3, 0.4) is 0 Å². The minimum atomic E-state index is -0.184. The summed E-state index contributed by atoms with van der Waals surface area (Å²) < 4.78 is 5.38. The molecule has 0 fully saturated rings. The van der Waals surface area contributed by atoms with Crippen LogP contribution in [0.25, 0.3) is 0 Å². The molecule has 1 amide bonds. The van der Waals surface area contributed by atoms with Gasteiger partial charge >= 0.3 is 0 Å². The summed E-state index contributed by atoms with van der Waals surface area (Å²) in [5.41, 5.74) is 6.51. The number of ether oxygens (including phenoxy) is 1. The third-order valence-electron chi connectivity index (χ3n) is 2.72. The average molecular weight is 319 g/mol. The topological polar surface area (TPSA) is 64.3 Å². The maximum Gasteiger partial charge on any atom is 0.226 e. The number of rotatable bonds is 8. The van der Waals surface area contributed by atoms with Gasteiger partial charge in [0.1, 0.15) is 0 Å². The van der Waals surface area contributed by atoms with Crippen molar-refractivity contribution < 1.29 is 9.53 Å². The highest BCUT2D eigenvalue weighted by Crippen LogP contribution is 2.32. The summed E-state index contributed by atoms with van der Waals surface area (Å²) in [7, 11) is 0. The van der Waals surface area contributed by atoms with E-state index in [0.717, 1.165) is 19.3 Å². The van der Waals surface area contributed by atoms with Crippen molar-refractivity contribution in [3.63, 3.8) is 0 Å². The van der Waals surface area contributed by atoms with Crippen LogP contribution < -0.4 is 11.1 Å². The molecule has 20 heavy (non-hydrogen) atoms. The molecule has 0 unspecified atom stereocenters. The van der Waals surface area contributed by atoms with Crippen LogP contribution in [0.2, 0.25) is 10.0 Å². The first kappa shape index (κ1) is 17.1. The minimum Gasteiger partial charge on any atom is -0.397 e. The number of hydrogen-bond donors (Lipinski definition) is 2. The summed E-state index contributed by atoms with van der Waals surface area (Å²) in [4.78, 5) is 11.8. The van der Waals surface area contributed by atoms with Gasteiger partial charge in [-0.2, -0.15) is 0 Å². The second-order valence-electron chi connectivity index (χ2n) is 4.47. The molecular formula is C14H20Cl2N2O2. The Bertz CT molecular complexity index is 430. The summed E-state index contributed by atoms with van der Waals surface area (Å²) in [6.45, 7) is 3.21. The van der Waals surface area contributed by atoms with Crippen LogP contribution in [-0.2, 0) is 9.53 Å². The van der Waals surface area contributed by atoms with E-state index in [-0.39, 0.29) is 12.3 Å². The number of amides is 1. The normalized spacial score (nSPS) is 10.6. The molecule has 4 nitrogen and oxygen atoms in total. The molecule has 1 rings (SSSR count). The molecule has 0 atom stereocenters. The van der Waals surface area contributed by atoms with E-state index in [1.165, 1.54) is 6.07 Å². The number of carbonyl (C=O) groups excluding carboxylic acids is 1. The van der Waals surface area contributed by atoms with Gasteiger partial charge in [0.2, 0.25) is 5.91 Å². The van der Waals surface area contributed by atoms with Gasteiger partial charge < -0.3 is 15.8 Å². The number of benzene rings is 1. The molecule has 112 valence electrons. The van der Waals surface area contributed by atoms with Gasteiger partial charge in [0.25, 0.3) is 0 Å². The lowest BCUT2D eigenvalue weighted by molar-refractivity contribution is -0.117. The van der Waals surface area contributed by atoms with Gasteiger partial charge in [-0.3, -0.25) is 4.79 Å². The van der Waals surface area contributed by atoms with Crippen LogP contribution in [0.15, 0.2) is 12.1 Å². The Kier molecular flexibility index (Phi) is 7.73. The van der Waals surface area contributed by atoms with Gasteiger partial charge in [-0.05, 0) is 18.6 Å². The van der Waals surface area contributed by atoms with Gasteiger partial charge in [-0.25, -0.2) is 0 Å². The second kappa shape index (κ2) is 9.06. The second-order valence-corrected chi connectivity index (χ2v) is 5.31. The summed E-state index contributed by atoms with van der Waals surface area (Å²) >= 11 is 11.8. The number of hydrogen-bond acceptors (Lipinski definition) is 3. The Morgan fingerprint density at radius 1 is 1.30 bits per heavy atom. The van der Waals surface area contributed by atoms with Crippen molar-refractivity contribution in [3.8, 4) is 0 Å². The molecule has 0 aromatic heterocycles. The third-order valence-corrected chi connectivity index (χ3v) is 3.23. The molecule has 0 aliphatic heterocycles. The van der Waals surface area contributed by atoms with E-state index in [0.29, 0.717) is 34.6 Å². The average Bonchev–Trinajstić information content (AvgIpc) is 2.38. The smallest absolute Gasteiger partial charge is 0.226 e. The molecule has 0 spiro atoms. The molecule has 0 aliphatic rings. The van der Waals surface area contributed by atoms with Crippen LogP contribution in [-0.4, -0.2) is 19.1 Å². The standard InChI is InChI=1S/C14H20Cl2N2O2/c1-2-3-4-6-20-7-5-13(19)18-14-11(16)8-10(15)9-12(14)17/h8-9H,2-7,17H2,1H3,(H,18,19). The van der Waals surface area contributed by atoms with Crippen molar-refractivity contribution in [3.05, 3.63) is 22.2 Å². The van der Waals surface area contributed by atoms with Gasteiger partial charge in [0.05, 0.1) is 29.4 Å². The van der Waals surface area contributed by atoms with Crippen LogP contribution >= 0.6 is 23.2 Å². The first-order chi connectivity index (χ1) is 9.54. The molecule has 0 heterocycles.